The molecule has 1 heterocycles. The smallest absolute Gasteiger partial charge is 0.321 e. The number of furan rings is 1. The number of nitrogens with one attached hydrogen (secondary N) is 2. The Hall–Kier alpha value is -2.28. The van der Waals surface area contributed by atoms with E-state index in [9.17, 15) is 9.59 Å². The van der Waals surface area contributed by atoms with Crippen molar-refractivity contribution in [2.24, 2.45) is 0 Å². The second-order valence-corrected chi connectivity index (χ2v) is 5.39. The summed E-state index contributed by atoms with van der Waals surface area (Å²) in [6.45, 7) is 1.90. The average Bonchev–Trinajstić information content (AvgIpc) is 2.97. The maximum Gasteiger partial charge on any atom is 0.321 e. The van der Waals surface area contributed by atoms with Crippen molar-refractivity contribution in [3.63, 3.8) is 0 Å². The Morgan fingerprint density at radius 3 is 2.82 bits per heavy atom. The summed E-state index contributed by atoms with van der Waals surface area (Å²) in [5.74, 6) is 0.601. The molecule has 0 atom stereocenters. The fourth-order valence-corrected chi connectivity index (χ4v) is 2.26. The van der Waals surface area contributed by atoms with Gasteiger partial charge in [0.1, 0.15) is 11.5 Å². The van der Waals surface area contributed by atoms with E-state index in [1.165, 1.54) is 6.26 Å². The van der Waals surface area contributed by atoms with Crippen LogP contribution in [0.4, 0.5) is 4.79 Å². The van der Waals surface area contributed by atoms with Gasteiger partial charge in [-0.3, -0.25) is 10.1 Å². The van der Waals surface area contributed by atoms with Gasteiger partial charge in [0, 0.05) is 0 Å². The number of carbonyl (C=O) groups is 2. The van der Waals surface area contributed by atoms with Gasteiger partial charge in [-0.05, 0) is 52.7 Å². The Morgan fingerprint density at radius 1 is 1.32 bits per heavy atom. The van der Waals surface area contributed by atoms with E-state index in [0.29, 0.717) is 11.5 Å². The van der Waals surface area contributed by atoms with E-state index >= 15 is 0 Å². The van der Waals surface area contributed by atoms with E-state index < -0.39 is 11.9 Å². The van der Waals surface area contributed by atoms with Crippen molar-refractivity contribution < 1.29 is 18.7 Å². The molecule has 6 nitrogen and oxygen atoms in total. The SMILES string of the molecule is Cc1ccc(OCC(=O)NC(=O)NCc2ccco2)c(Br)c1. The highest BCUT2D eigenvalue weighted by atomic mass is 79.9. The molecule has 0 unspecified atom stereocenters. The van der Waals surface area contributed by atoms with Crippen molar-refractivity contribution in [2.75, 3.05) is 6.61 Å². The summed E-state index contributed by atoms with van der Waals surface area (Å²) in [5, 5.41) is 4.68. The molecule has 1 aromatic heterocycles. The first-order chi connectivity index (χ1) is 10.5. The highest BCUT2D eigenvalue weighted by Crippen LogP contribution is 2.25. The number of ether oxygens (including phenoxy) is 1. The number of amides is 3. The number of carbonyl (C=O) groups excluding carboxylic acids is 2. The molecule has 3 amide bonds. The standard InChI is InChI=1S/C15H15BrN2O4/c1-10-4-5-13(12(16)7-10)22-9-14(19)18-15(20)17-8-11-3-2-6-21-11/h2-7H,8-9H2,1H3,(H2,17,18,19,20). The monoisotopic (exact) mass is 366 g/mol. The fraction of sp³-hybridized carbons (Fsp3) is 0.200. The molecular weight excluding hydrogens is 352 g/mol. The van der Waals surface area contributed by atoms with Crippen LogP contribution in [0.2, 0.25) is 0 Å². The molecule has 0 saturated heterocycles. The molecule has 0 aliphatic rings. The lowest BCUT2D eigenvalue weighted by molar-refractivity contribution is -0.122. The van der Waals surface area contributed by atoms with Crippen molar-refractivity contribution >= 4 is 27.9 Å². The molecule has 0 bridgehead atoms. The van der Waals surface area contributed by atoms with E-state index in [1.54, 1.807) is 18.2 Å². The molecule has 0 aliphatic heterocycles. The first-order valence-corrected chi connectivity index (χ1v) is 7.33. The van der Waals surface area contributed by atoms with Crippen molar-refractivity contribution in [3.05, 3.63) is 52.4 Å². The Labute approximate surface area is 136 Å². The lowest BCUT2D eigenvalue weighted by Gasteiger charge is -2.09. The highest BCUT2D eigenvalue weighted by Gasteiger charge is 2.10. The van der Waals surface area contributed by atoms with Crippen LogP contribution in [0.1, 0.15) is 11.3 Å². The van der Waals surface area contributed by atoms with Crippen LogP contribution in [0.25, 0.3) is 0 Å². The summed E-state index contributed by atoms with van der Waals surface area (Å²) in [6, 6.07) is 8.34. The minimum atomic E-state index is -0.604. The molecule has 2 aromatic rings. The maximum atomic E-state index is 11.6. The van der Waals surface area contributed by atoms with E-state index in [1.807, 2.05) is 19.1 Å². The van der Waals surface area contributed by atoms with Gasteiger partial charge in [-0.2, -0.15) is 0 Å². The normalized spacial score (nSPS) is 10.1. The van der Waals surface area contributed by atoms with Crippen molar-refractivity contribution in [1.82, 2.24) is 10.6 Å². The third-order valence-electron chi connectivity index (χ3n) is 2.70. The number of imide groups is 1. The third kappa shape index (κ3) is 4.92. The molecule has 0 fully saturated rings. The Bertz CT molecular complexity index is 656. The van der Waals surface area contributed by atoms with Gasteiger partial charge in [-0.1, -0.05) is 6.07 Å². The largest absolute Gasteiger partial charge is 0.483 e. The number of urea groups is 1. The molecule has 0 spiro atoms. The lowest BCUT2D eigenvalue weighted by atomic mass is 10.2. The molecule has 1 aromatic carbocycles. The quantitative estimate of drug-likeness (QED) is 0.852. The van der Waals surface area contributed by atoms with Gasteiger partial charge in [0.2, 0.25) is 0 Å². The van der Waals surface area contributed by atoms with E-state index in [0.717, 1.165) is 10.0 Å². The number of halogens is 1. The summed E-state index contributed by atoms with van der Waals surface area (Å²) < 4.78 is 11.2. The molecular formula is C15H15BrN2O4. The lowest BCUT2D eigenvalue weighted by Crippen LogP contribution is -2.41. The van der Waals surface area contributed by atoms with Crippen LogP contribution < -0.4 is 15.4 Å². The molecule has 22 heavy (non-hydrogen) atoms. The van der Waals surface area contributed by atoms with Gasteiger partial charge >= 0.3 is 6.03 Å². The van der Waals surface area contributed by atoms with Crippen LogP contribution in [0.3, 0.4) is 0 Å². The van der Waals surface area contributed by atoms with Crippen LogP contribution in [-0.2, 0) is 11.3 Å². The average molecular weight is 367 g/mol. The van der Waals surface area contributed by atoms with E-state index in [-0.39, 0.29) is 13.2 Å². The van der Waals surface area contributed by atoms with Gasteiger partial charge in [0.25, 0.3) is 5.91 Å². The molecule has 0 aliphatic carbocycles. The first kappa shape index (κ1) is 16.1. The van der Waals surface area contributed by atoms with Gasteiger partial charge < -0.3 is 14.5 Å². The number of rotatable bonds is 5. The summed E-state index contributed by atoms with van der Waals surface area (Å²) >= 11 is 3.35. The zero-order valence-corrected chi connectivity index (χ0v) is 13.5. The minimum Gasteiger partial charge on any atom is -0.483 e. The number of hydrogen-bond acceptors (Lipinski definition) is 4. The summed E-state index contributed by atoms with van der Waals surface area (Å²) in [6.07, 6.45) is 1.51. The van der Waals surface area contributed by atoms with E-state index in [4.69, 9.17) is 9.15 Å². The molecule has 116 valence electrons. The second-order valence-electron chi connectivity index (χ2n) is 4.53. The van der Waals surface area contributed by atoms with Crippen molar-refractivity contribution in [3.8, 4) is 5.75 Å². The van der Waals surface area contributed by atoms with E-state index in [2.05, 4.69) is 26.6 Å². The number of hydrogen-bond donors (Lipinski definition) is 2. The molecule has 2 rings (SSSR count). The van der Waals surface area contributed by atoms with Gasteiger partial charge in [-0.25, -0.2) is 4.79 Å². The first-order valence-electron chi connectivity index (χ1n) is 6.53. The zero-order chi connectivity index (χ0) is 15.9. The van der Waals surface area contributed by atoms with Gasteiger partial charge in [0.15, 0.2) is 6.61 Å². The van der Waals surface area contributed by atoms with Crippen LogP contribution in [0.15, 0.2) is 45.5 Å². The summed E-state index contributed by atoms with van der Waals surface area (Å²) in [4.78, 5) is 23.2. The second kappa shape index (κ2) is 7.65. The summed E-state index contributed by atoms with van der Waals surface area (Å²) in [5.41, 5.74) is 1.07. The number of benzene rings is 1. The van der Waals surface area contributed by atoms with Gasteiger partial charge in [-0.15, -0.1) is 0 Å². The topological polar surface area (TPSA) is 80.6 Å². The predicted molar refractivity (Wildman–Crippen MR) is 83.5 cm³/mol. The Kier molecular flexibility index (Phi) is 5.60. The highest BCUT2D eigenvalue weighted by molar-refractivity contribution is 9.10. The van der Waals surface area contributed by atoms with Crippen LogP contribution >= 0.6 is 15.9 Å². The fourth-order valence-electron chi connectivity index (χ4n) is 1.65. The molecule has 2 N–H and O–H groups in total. The number of aryl methyl sites for hydroxylation is 1. The minimum absolute atomic E-state index is 0.205. The van der Waals surface area contributed by atoms with Crippen LogP contribution in [0, 0.1) is 6.92 Å². The Morgan fingerprint density at radius 2 is 2.14 bits per heavy atom. The summed E-state index contributed by atoms with van der Waals surface area (Å²) in [7, 11) is 0. The van der Waals surface area contributed by atoms with Crippen LogP contribution in [0.5, 0.6) is 5.75 Å². The van der Waals surface area contributed by atoms with Crippen LogP contribution in [-0.4, -0.2) is 18.5 Å². The molecule has 0 radical (unpaired) electrons. The molecule has 7 heteroatoms. The Balaban J connectivity index is 1.74. The third-order valence-corrected chi connectivity index (χ3v) is 3.32. The maximum absolute atomic E-state index is 11.6. The van der Waals surface area contributed by atoms with Gasteiger partial charge in [0.05, 0.1) is 17.3 Å². The van der Waals surface area contributed by atoms with Crippen molar-refractivity contribution in [1.29, 1.82) is 0 Å². The predicted octanol–water partition coefficient (Wildman–Crippen LogP) is 2.76. The van der Waals surface area contributed by atoms with Crippen molar-refractivity contribution in [2.45, 2.75) is 13.5 Å². The molecule has 0 saturated carbocycles. The zero-order valence-electron chi connectivity index (χ0n) is 11.9.